The number of carbonyl (C=O) groups is 1. The van der Waals surface area contributed by atoms with E-state index < -0.39 is 5.97 Å². The lowest BCUT2D eigenvalue weighted by Gasteiger charge is -2.25. The highest BCUT2D eigenvalue weighted by molar-refractivity contribution is 5.73. The van der Waals surface area contributed by atoms with Crippen molar-refractivity contribution in [1.29, 1.82) is 0 Å². The molecular formula is C9H15NO2. The van der Waals surface area contributed by atoms with Crippen LogP contribution in [-0.4, -0.2) is 34.1 Å². The summed E-state index contributed by atoms with van der Waals surface area (Å²) in [7, 11) is 0. The van der Waals surface area contributed by atoms with Gasteiger partial charge in [0.05, 0.1) is 0 Å². The van der Waals surface area contributed by atoms with E-state index in [0.717, 1.165) is 0 Å². The highest BCUT2D eigenvalue weighted by atomic mass is 16.4. The monoisotopic (exact) mass is 169 g/mol. The Labute approximate surface area is 72.4 Å². The van der Waals surface area contributed by atoms with Crippen molar-refractivity contribution in [2.75, 3.05) is 0 Å². The summed E-state index contributed by atoms with van der Waals surface area (Å²) in [5.74, 6) is -0.672. The van der Waals surface area contributed by atoms with Crippen molar-refractivity contribution in [3.63, 3.8) is 0 Å². The number of aliphatic carboxylic acids is 1. The number of nitrogens with zero attached hydrogens (tertiary/aromatic N) is 1. The van der Waals surface area contributed by atoms with Gasteiger partial charge < -0.3 is 5.11 Å². The van der Waals surface area contributed by atoms with Crippen LogP contribution in [0.5, 0.6) is 0 Å². The molecule has 0 spiro atoms. The topological polar surface area (TPSA) is 40.5 Å². The van der Waals surface area contributed by atoms with Crippen LogP contribution in [0.4, 0.5) is 0 Å². The standard InChI is InChI=1S/C9H15NO2/c1-6(9(11)12)10-7-2-3-8(10)5-4-7/h6-8H,2-5H2,1H3,(H,11,12). The fourth-order valence-corrected chi connectivity index (χ4v) is 2.71. The van der Waals surface area contributed by atoms with Crippen molar-refractivity contribution in [2.24, 2.45) is 0 Å². The van der Waals surface area contributed by atoms with Gasteiger partial charge in [-0.3, -0.25) is 9.69 Å². The third kappa shape index (κ3) is 1.04. The van der Waals surface area contributed by atoms with Crippen LogP contribution < -0.4 is 0 Å². The second kappa shape index (κ2) is 2.73. The van der Waals surface area contributed by atoms with Crippen LogP contribution in [0.15, 0.2) is 0 Å². The average Bonchev–Trinajstić information content (AvgIpc) is 2.61. The van der Waals surface area contributed by atoms with Crippen molar-refractivity contribution in [3.8, 4) is 0 Å². The van der Waals surface area contributed by atoms with Crippen molar-refractivity contribution >= 4 is 5.97 Å². The van der Waals surface area contributed by atoms with Gasteiger partial charge in [0.25, 0.3) is 0 Å². The first-order valence-electron chi connectivity index (χ1n) is 4.70. The van der Waals surface area contributed by atoms with Gasteiger partial charge in [0.2, 0.25) is 0 Å². The summed E-state index contributed by atoms with van der Waals surface area (Å²) in [6.45, 7) is 1.80. The molecular weight excluding hydrogens is 154 g/mol. The van der Waals surface area contributed by atoms with Crippen LogP contribution in [0.3, 0.4) is 0 Å². The molecule has 0 aromatic heterocycles. The molecule has 3 heteroatoms. The Balaban J connectivity index is 2.09. The largest absolute Gasteiger partial charge is 0.480 e. The van der Waals surface area contributed by atoms with Crippen LogP contribution in [0.1, 0.15) is 32.6 Å². The first-order valence-corrected chi connectivity index (χ1v) is 4.70. The van der Waals surface area contributed by atoms with Crippen LogP contribution in [0.2, 0.25) is 0 Å². The number of carboxylic acids is 1. The molecule has 1 unspecified atom stereocenters. The Morgan fingerprint density at radius 3 is 2.08 bits per heavy atom. The van der Waals surface area contributed by atoms with E-state index >= 15 is 0 Å². The molecule has 0 aliphatic carbocycles. The number of fused-ring (bicyclic) bond motifs is 2. The van der Waals surface area contributed by atoms with Crippen molar-refractivity contribution in [3.05, 3.63) is 0 Å². The van der Waals surface area contributed by atoms with E-state index in [0.29, 0.717) is 12.1 Å². The molecule has 2 bridgehead atoms. The molecule has 1 atom stereocenters. The second-order valence-corrected chi connectivity index (χ2v) is 3.92. The Hall–Kier alpha value is -0.570. The summed E-state index contributed by atoms with van der Waals surface area (Å²) < 4.78 is 0. The molecule has 2 aliphatic heterocycles. The van der Waals surface area contributed by atoms with E-state index in [9.17, 15) is 4.79 Å². The Morgan fingerprint density at radius 2 is 1.75 bits per heavy atom. The zero-order valence-corrected chi connectivity index (χ0v) is 7.36. The fraction of sp³-hybridized carbons (Fsp3) is 0.889. The lowest BCUT2D eigenvalue weighted by atomic mass is 10.0. The minimum absolute atomic E-state index is 0.273. The SMILES string of the molecule is CC(C(=O)O)N1C2CCC1CC2. The van der Waals surface area contributed by atoms with E-state index in [1.54, 1.807) is 6.92 Å². The number of hydrogen-bond donors (Lipinski definition) is 1. The number of hydrogen-bond acceptors (Lipinski definition) is 2. The number of rotatable bonds is 2. The molecule has 2 heterocycles. The van der Waals surface area contributed by atoms with E-state index in [4.69, 9.17) is 5.11 Å². The molecule has 2 fully saturated rings. The third-order valence-electron chi connectivity index (χ3n) is 3.31. The van der Waals surface area contributed by atoms with Crippen molar-refractivity contribution in [2.45, 2.75) is 50.7 Å². The summed E-state index contributed by atoms with van der Waals surface area (Å²) >= 11 is 0. The van der Waals surface area contributed by atoms with Gasteiger partial charge in [-0.2, -0.15) is 0 Å². The van der Waals surface area contributed by atoms with Crippen molar-refractivity contribution in [1.82, 2.24) is 4.90 Å². The molecule has 0 saturated carbocycles. The molecule has 3 nitrogen and oxygen atoms in total. The highest BCUT2D eigenvalue weighted by Crippen LogP contribution is 2.38. The molecule has 2 aliphatic rings. The summed E-state index contributed by atoms with van der Waals surface area (Å²) in [4.78, 5) is 13.0. The van der Waals surface area contributed by atoms with Gasteiger partial charge in [0.15, 0.2) is 0 Å². The maximum absolute atomic E-state index is 10.8. The molecule has 2 saturated heterocycles. The first-order chi connectivity index (χ1) is 5.70. The maximum Gasteiger partial charge on any atom is 0.320 e. The minimum Gasteiger partial charge on any atom is -0.480 e. The predicted molar refractivity (Wildman–Crippen MR) is 45.0 cm³/mol. The summed E-state index contributed by atoms with van der Waals surface area (Å²) in [6.07, 6.45) is 4.84. The zero-order chi connectivity index (χ0) is 8.72. The lowest BCUT2D eigenvalue weighted by molar-refractivity contribution is -0.143. The van der Waals surface area contributed by atoms with E-state index in [1.165, 1.54) is 25.7 Å². The van der Waals surface area contributed by atoms with Crippen LogP contribution >= 0.6 is 0 Å². The third-order valence-corrected chi connectivity index (χ3v) is 3.31. The van der Waals surface area contributed by atoms with Crippen LogP contribution in [-0.2, 0) is 4.79 Å². The minimum atomic E-state index is -0.672. The zero-order valence-electron chi connectivity index (χ0n) is 7.36. The molecule has 0 aromatic carbocycles. The Kier molecular flexibility index (Phi) is 1.83. The Morgan fingerprint density at radius 1 is 1.33 bits per heavy atom. The molecule has 12 heavy (non-hydrogen) atoms. The van der Waals surface area contributed by atoms with Crippen LogP contribution in [0, 0.1) is 0 Å². The normalized spacial score (nSPS) is 37.1. The molecule has 68 valence electrons. The number of carboxylic acid groups (broad SMARTS) is 1. The van der Waals surface area contributed by atoms with E-state index in [1.807, 2.05) is 0 Å². The summed E-state index contributed by atoms with van der Waals surface area (Å²) in [5, 5.41) is 8.86. The van der Waals surface area contributed by atoms with E-state index in [-0.39, 0.29) is 6.04 Å². The highest BCUT2D eigenvalue weighted by Gasteiger charge is 2.43. The van der Waals surface area contributed by atoms with E-state index in [2.05, 4.69) is 4.90 Å². The molecule has 0 amide bonds. The lowest BCUT2D eigenvalue weighted by Crippen LogP contribution is -2.42. The van der Waals surface area contributed by atoms with Gasteiger partial charge in [-0.25, -0.2) is 0 Å². The van der Waals surface area contributed by atoms with Gasteiger partial charge in [0.1, 0.15) is 6.04 Å². The molecule has 0 radical (unpaired) electrons. The second-order valence-electron chi connectivity index (χ2n) is 3.92. The van der Waals surface area contributed by atoms with Crippen LogP contribution in [0.25, 0.3) is 0 Å². The maximum atomic E-state index is 10.8. The quantitative estimate of drug-likeness (QED) is 0.672. The summed E-state index contributed by atoms with van der Waals surface area (Å²) in [5.41, 5.74) is 0. The smallest absolute Gasteiger partial charge is 0.320 e. The molecule has 1 N–H and O–H groups in total. The van der Waals surface area contributed by atoms with Crippen molar-refractivity contribution < 1.29 is 9.90 Å². The van der Waals surface area contributed by atoms with Gasteiger partial charge in [-0.05, 0) is 32.6 Å². The Bertz CT molecular complexity index is 185. The van der Waals surface area contributed by atoms with Gasteiger partial charge in [0, 0.05) is 12.1 Å². The van der Waals surface area contributed by atoms with Gasteiger partial charge in [-0.1, -0.05) is 0 Å². The van der Waals surface area contributed by atoms with Gasteiger partial charge >= 0.3 is 5.97 Å². The molecule has 2 rings (SSSR count). The summed E-state index contributed by atoms with van der Waals surface area (Å²) in [6, 6.07) is 0.868. The van der Waals surface area contributed by atoms with Gasteiger partial charge in [-0.15, -0.1) is 0 Å². The average molecular weight is 169 g/mol. The first kappa shape index (κ1) is 8.05. The predicted octanol–water partition coefficient (Wildman–Crippen LogP) is 1.09. The fourth-order valence-electron chi connectivity index (χ4n) is 2.71. The molecule has 0 aromatic rings.